The van der Waals surface area contributed by atoms with Gasteiger partial charge in [0.15, 0.2) is 2.14 Å². The summed E-state index contributed by atoms with van der Waals surface area (Å²) in [5, 5.41) is 3.52. The summed E-state index contributed by atoms with van der Waals surface area (Å²) in [4.78, 5) is 38.8. The summed E-state index contributed by atoms with van der Waals surface area (Å²) in [6.07, 6.45) is -13.4. The summed E-state index contributed by atoms with van der Waals surface area (Å²) in [6.45, 7) is -0.202. The molecule has 1 aromatic carbocycles. The largest absolute Gasteiger partial charge is 0.471 e. The van der Waals surface area contributed by atoms with Crippen molar-refractivity contribution in [3.63, 3.8) is 0 Å². The third-order valence-electron chi connectivity index (χ3n) is 5.72. The molecule has 39 heavy (non-hydrogen) atoms. The molecule has 0 aromatic heterocycles. The molecular formula is C20H19Br3F7N5O4. The van der Waals surface area contributed by atoms with E-state index in [2.05, 4.69) is 47.8 Å². The van der Waals surface area contributed by atoms with Crippen molar-refractivity contribution in [2.75, 3.05) is 49.1 Å². The summed E-state index contributed by atoms with van der Waals surface area (Å²) in [7, 11) is 0. The quantitative estimate of drug-likeness (QED) is 0.339. The zero-order valence-electron chi connectivity index (χ0n) is 19.4. The van der Waals surface area contributed by atoms with Gasteiger partial charge in [-0.25, -0.2) is 9.18 Å². The number of cyclic esters (lactones) is 1. The number of amides is 3. The van der Waals surface area contributed by atoms with Crippen LogP contribution in [0.4, 0.5) is 46.9 Å². The van der Waals surface area contributed by atoms with Crippen molar-refractivity contribution >= 4 is 77.1 Å². The minimum atomic E-state index is -5.10. The summed E-state index contributed by atoms with van der Waals surface area (Å²) >= 11 is 9.44. The molecule has 1 unspecified atom stereocenters. The smallest absolute Gasteiger partial charge is 0.442 e. The van der Waals surface area contributed by atoms with Crippen molar-refractivity contribution < 1.29 is 49.9 Å². The normalized spacial score (nSPS) is 20.1. The molecule has 2 N–H and O–H groups in total. The van der Waals surface area contributed by atoms with Gasteiger partial charge in [-0.2, -0.15) is 26.3 Å². The maximum absolute atomic E-state index is 15.0. The highest BCUT2D eigenvalue weighted by Gasteiger charge is 2.45. The highest BCUT2D eigenvalue weighted by Crippen LogP contribution is 2.39. The number of piperazine rings is 1. The van der Waals surface area contributed by atoms with Gasteiger partial charge in [-0.05, 0) is 18.2 Å². The third-order valence-corrected chi connectivity index (χ3v) is 7.02. The Hall–Kier alpha value is -1.86. The maximum atomic E-state index is 15.0. The molecule has 2 atom stereocenters. The zero-order valence-corrected chi connectivity index (χ0v) is 24.1. The molecule has 3 rings (SSSR count). The average Bonchev–Trinajstić information content (AvgIpc) is 3.19. The molecule has 3 amide bonds. The summed E-state index contributed by atoms with van der Waals surface area (Å²) in [5.41, 5.74) is 0.209. The molecular weight excluding hydrogens is 747 g/mol. The lowest BCUT2D eigenvalue weighted by atomic mass is 10.2. The number of ether oxygens (including phenoxy) is 1. The van der Waals surface area contributed by atoms with Crippen LogP contribution in [-0.2, 0) is 14.3 Å². The Bertz CT molecular complexity index is 1090. The highest BCUT2D eigenvalue weighted by atomic mass is 80.0. The van der Waals surface area contributed by atoms with Crippen molar-refractivity contribution in [2.24, 2.45) is 0 Å². The lowest BCUT2D eigenvalue weighted by Crippen LogP contribution is -2.61. The first-order chi connectivity index (χ1) is 17.9. The fourth-order valence-corrected chi connectivity index (χ4v) is 5.08. The Kier molecular flexibility index (Phi) is 9.69. The zero-order chi connectivity index (χ0) is 29.3. The van der Waals surface area contributed by atoms with Crippen molar-refractivity contribution in [1.29, 1.82) is 0 Å². The number of nitrogens with one attached hydrogen (secondary N) is 2. The molecule has 2 aliphatic heterocycles. The number of nitrogens with zero attached hydrogens (tertiary/aromatic N) is 3. The van der Waals surface area contributed by atoms with Crippen LogP contribution >= 0.6 is 47.8 Å². The predicted octanol–water partition coefficient (Wildman–Crippen LogP) is 3.79. The van der Waals surface area contributed by atoms with Crippen LogP contribution in [-0.4, -0.2) is 88.8 Å². The highest BCUT2D eigenvalue weighted by molar-refractivity contribution is 9.39. The van der Waals surface area contributed by atoms with Gasteiger partial charge in [0.25, 0.3) is 0 Å². The number of carbonyl (C=O) groups excluding carboxylic acids is 3. The van der Waals surface area contributed by atoms with Gasteiger partial charge in [0, 0.05) is 26.2 Å². The van der Waals surface area contributed by atoms with Crippen molar-refractivity contribution in [1.82, 2.24) is 15.5 Å². The molecule has 0 bridgehead atoms. The molecule has 2 fully saturated rings. The molecule has 1 aromatic rings. The molecule has 9 nitrogen and oxygen atoms in total. The second-order valence-corrected chi connectivity index (χ2v) is 15.3. The molecule has 218 valence electrons. The predicted molar refractivity (Wildman–Crippen MR) is 134 cm³/mol. The summed E-state index contributed by atoms with van der Waals surface area (Å²) in [6, 6.07) is 3.81. The van der Waals surface area contributed by atoms with Gasteiger partial charge in [0.05, 0.1) is 24.5 Å². The van der Waals surface area contributed by atoms with Crippen LogP contribution in [0.1, 0.15) is 0 Å². The van der Waals surface area contributed by atoms with Crippen molar-refractivity contribution in [2.45, 2.75) is 26.8 Å². The number of carbonyl (C=O) groups is 3. The summed E-state index contributed by atoms with van der Waals surface area (Å²) in [5.74, 6) is -5.05. The maximum Gasteiger partial charge on any atom is 0.471 e. The molecule has 0 aliphatic carbocycles. The Morgan fingerprint density at radius 1 is 1.00 bits per heavy atom. The van der Waals surface area contributed by atoms with E-state index >= 15 is 4.39 Å². The van der Waals surface area contributed by atoms with Gasteiger partial charge < -0.3 is 20.3 Å². The molecule has 0 radical (unpaired) electrons. The van der Waals surface area contributed by atoms with Gasteiger partial charge >= 0.3 is 30.3 Å². The van der Waals surface area contributed by atoms with Crippen LogP contribution in [0.3, 0.4) is 0 Å². The SMILES string of the molecule is O=C1O[C@@H](CNC(=O)C(F)(F)F)CN1c1ccc(N2CCN(C(NC(=O)C(F)(F)F)C(Br)(Br)Br)CC2)c(F)c1. The second-order valence-electron chi connectivity index (χ2n) is 8.40. The Balaban J connectivity index is 1.62. The molecule has 0 saturated carbocycles. The van der Waals surface area contributed by atoms with Crippen molar-refractivity contribution in [3.05, 3.63) is 24.0 Å². The Morgan fingerprint density at radius 2 is 1.59 bits per heavy atom. The van der Waals surface area contributed by atoms with Crippen LogP contribution in [0.5, 0.6) is 0 Å². The molecule has 2 saturated heterocycles. The number of hydrogen-bond acceptors (Lipinski definition) is 6. The second kappa shape index (κ2) is 11.9. The van der Waals surface area contributed by atoms with E-state index < -0.39 is 57.0 Å². The van der Waals surface area contributed by atoms with E-state index in [1.165, 1.54) is 12.1 Å². The topological polar surface area (TPSA) is 94.2 Å². The van der Waals surface area contributed by atoms with Gasteiger partial charge in [-0.3, -0.25) is 19.4 Å². The summed E-state index contributed by atoms with van der Waals surface area (Å²) < 4.78 is 94.0. The minimum Gasteiger partial charge on any atom is -0.442 e. The number of benzene rings is 1. The van der Waals surface area contributed by atoms with E-state index in [9.17, 15) is 40.7 Å². The standard InChI is InChI=1S/C20H19Br3F7N5O4/c21-18(22,23)14(32-16(37)20(28,29)30)34-5-3-33(4-6-34)13-2-1-10(7-12(13)24)35-9-11(39-17(35)38)8-31-15(36)19(25,26)27/h1-2,7,11,14H,3-6,8-9H2,(H,31,36)(H,32,37)/t11-,14?/m0/s1. The molecule has 2 heterocycles. The number of alkyl halides is 9. The van der Waals surface area contributed by atoms with Gasteiger partial charge in [-0.1, -0.05) is 47.8 Å². The first kappa shape index (κ1) is 31.7. The van der Waals surface area contributed by atoms with Crippen molar-refractivity contribution in [3.8, 4) is 0 Å². The third kappa shape index (κ3) is 8.09. The van der Waals surface area contributed by atoms with Crippen LogP contribution < -0.4 is 20.4 Å². The first-order valence-electron chi connectivity index (χ1n) is 10.9. The first-order valence-corrected chi connectivity index (χ1v) is 13.3. The van der Waals surface area contributed by atoms with E-state index in [4.69, 9.17) is 4.74 Å². The molecule has 0 spiro atoms. The molecule has 2 aliphatic rings. The van der Waals surface area contributed by atoms with Gasteiger partial charge in [0.1, 0.15) is 18.1 Å². The van der Waals surface area contributed by atoms with Crippen LogP contribution in [0.25, 0.3) is 0 Å². The van der Waals surface area contributed by atoms with E-state index in [0.29, 0.717) is 0 Å². The number of hydrogen-bond donors (Lipinski definition) is 2. The van der Waals surface area contributed by atoms with Crippen LogP contribution in [0, 0.1) is 5.82 Å². The van der Waals surface area contributed by atoms with Gasteiger partial charge in [0.2, 0.25) is 0 Å². The van der Waals surface area contributed by atoms with E-state index in [1.807, 2.05) is 5.32 Å². The monoisotopic (exact) mass is 763 g/mol. The number of rotatable bonds is 6. The van der Waals surface area contributed by atoms with Gasteiger partial charge in [-0.15, -0.1) is 0 Å². The van der Waals surface area contributed by atoms with E-state index in [0.717, 1.165) is 11.0 Å². The van der Waals surface area contributed by atoms with E-state index in [1.54, 1.807) is 15.1 Å². The fourth-order valence-electron chi connectivity index (χ4n) is 3.87. The van der Waals surface area contributed by atoms with Crippen LogP contribution in [0.15, 0.2) is 18.2 Å². The Labute approximate surface area is 241 Å². The average molecular weight is 766 g/mol. The Morgan fingerprint density at radius 3 is 2.10 bits per heavy atom. The van der Waals surface area contributed by atoms with E-state index in [-0.39, 0.29) is 44.1 Å². The molecule has 19 heteroatoms. The number of anilines is 2. The van der Waals surface area contributed by atoms with Crippen LogP contribution in [0.2, 0.25) is 0 Å². The number of halogens is 10. The fraction of sp³-hybridized carbons (Fsp3) is 0.550. The minimum absolute atomic E-state index is 0.0714. The lowest BCUT2D eigenvalue weighted by molar-refractivity contribution is -0.175. The lowest BCUT2D eigenvalue weighted by Gasteiger charge is -2.43.